The molecule has 1 amide bonds. The van der Waals surface area contributed by atoms with Gasteiger partial charge in [0.2, 0.25) is 0 Å². The predicted molar refractivity (Wildman–Crippen MR) is 107 cm³/mol. The lowest BCUT2D eigenvalue weighted by Crippen LogP contribution is -2.27. The van der Waals surface area contributed by atoms with E-state index in [1.165, 1.54) is 23.0 Å². The highest BCUT2D eigenvalue weighted by Crippen LogP contribution is 2.32. The number of likely N-dealkylation sites (N-methyl/N-ethyl adjacent to an activating group) is 1. The molecule has 0 unspecified atom stereocenters. The lowest BCUT2D eigenvalue weighted by atomic mass is 10.00. The van der Waals surface area contributed by atoms with Crippen molar-refractivity contribution in [1.82, 2.24) is 4.90 Å². The third kappa shape index (κ3) is 3.23. The summed E-state index contributed by atoms with van der Waals surface area (Å²) < 4.78 is 0.632. The van der Waals surface area contributed by atoms with Gasteiger partial charge < -0.3 is 4.90 Å². The Morgan fingerprint density at radius 1 is 1.21 bits per heavy atom. The van der Waals surface area contributed by atoms with Gasteiger partial charge in [-0.25, -0.2) is 0 Å². The van der Waals surface area contributed by atoms with Crippen LogP contribution in [0.3, 0.4) is 0 Å². The van der Waals surface area contributed by atoms with Crippen molar-refractivity contribution in [2.45, 2.75) is 6.92 Å². The third-order valence-electron chi connectivity index (χ3n) is 3.90. The Balaban J connectivity index is 1.78. The zero-order chi connectivity index (χ0) is 17.1. The van der Waals surface area contributed by atoms with Crippen molar-refractivity contribution in [3.05, 3.63) is 71.3 Å². The maximum atomic E-state index is 12.1. The number of hydrogen-bond donors (Lipinski definition) is 0. The monoisotopic (exact) mass is 354 g/mol. The van der Waals surface area contributed by atoms with Gasteiger partial charge in [-0.15, -0.1) is 0 Å². The molecule has 2 aliphatic rings. The Kier molecular flexibility index (Phi) is 5.02. The van der Waals surface area contributed by atoms with E-state index in [1.54, 1.807) is 4.90 Å². The van der Waals surface area contributed by atoms with Gasteiger partial charge in [0, 0.05) is 31.0 Å². The number of para-hydroxylation sites is 1. The molecule has 1 saturated heterocycles. The third-order valence-corrected chi connectivity index (χ3v) is 5.29. The van der Waals surface area contributed by atoms with Gasteiger partial charge in [-0.3, -0.25) is 9.69 Å². The highest BCUT2D eigenvalue weighted by molar-refractivity contribution is 8.26. The zero-order valence-corrected chi connectivity index (χ0v) is 15.2. The van der Waals surface area contributed by atoms with E-state index < -0.39 is 0 Å². The first kappa shape index (κ1) is 16.7. The molecule has 0 bridgehead atoms. The molecule has 0 aromatic heterocycles. The quantitative estimate of drug-likeness (QED) is 0.595. The fourth-order valence-corrected chi connectivity index (χ4v) is 3.96. The van der Waals surface area contributed by atoms with Gasteiger partial charge in [-0.05, 0) is 30.7 Å². The second-order valence-corrected chi connectivity index (χ2v) is 7.07. The number of hydrogen-bond acceptors (Lipinski definition) is 4. The normalized spacial score (nSPS) is 20.8. The highest BCUT2D eigenvalue weighted by Gasteiger charge is 2.29. The van der Waals surface area contributed by atoms with E-state index in [1.807, 2.05) is 50.5 Å². The molecule has 1 aromatic carbocycles. The van der Waals surface area contributed by atoms with Gasteiger partial charge in [0.05, 0.1) is 4.91 Å². The minimum absolute atomic E-state index is 0.00524. The maximum absolute atomic E-state index is 12.1. The van der Waals surface area contributed by atoms with Gasteiger partial charge in [0.15, 0.2) is 0 Å². The standard InChI is InChI=1S/C19H18N2OS2/c1-3-21-18(22)17(24-19(21)23)11-7-4-8-14-12-13-20(2)16-10-6-5-9-15(14)16/h4-13H,3H2,1-2H3/b7-4+,14-8+,17-11-. The zero-order valence-electron chi connectivity index (χ0n) is 13.6. The van der Waals surface area contributed by atoms with Crippen LogP contribution in [0.4, 0.5) is 5.69 Å². The van der Waals surface area contributed by atoms with E-state index in [4.69, 9.17) is 12.2 Å². The minimum Gasteiger partial charge on any atom is -0.351 e. The van der Waals surface area contributed by atoms with Crippen LogP contribution in [-0.2, 0) is 4.79 Å². The Bertz CT molecular complexity index is 805. The SMILES string of the molecule is CCN1C(=O)/C(=C/C=C/C=C2\C=CN(C)c3ccccc32)SC1=S. The van der Waals surface area contributed by atoms with Crippen molar-refractivity contribution in [2.75, 3.05) is 18.5 Å². The molecule has 3 nitrogen and oxygen atoms in total. The van der Waals surface area contributed by atoms with Crippen LogP contribution in [0.1, 0.15) is 12.5 Å². The topological polar surface area (TPSA) is 23.6 Å². The van der Waals surface area contributed by atoms with Crippen molar-refractivity contribution in [3.8, 4) is 0 Å². The predicted octanol–water partition coefficient (Wildman–Crippen LogP) is 4.35. The lowest BCUT2D eigenvalue weighted by molar-refractivity contribution is -0.122. The van der Waals surface area contributed by atoms with E-state index in [0.717, 1.165) is 5.57 Å². The maximum Gasteiger partial charge on any atom is 0.266 e. The number of anilines is 1. The first-order valence-electron chi connectivity index (χ1n) is 7.74. The smallest absolute Gasteiger partial charge is 0.266 e. The number of carbonyl (C=O) groups excluding carboxylic acids is 1. The molecule has 0 aliphatic carbocycles. The molecular weight excluding hydrogens is 336 g/mol. The number of rotatable bonds is 3. The van der Waals surface area contributed by atoms with Gasteiger partial charge in [0.25, 0.3) is 5.91 Å². The molecule has 0 spiro atoms. The highest BCUT2D eigenvalue weighted by atomic mass is 32.2. The number of nitrogens with zero attached hydrogens (tertiary/aromatic N) is 2. The fraction of sp³-hybridized carbons (Fsp3) is 0.158. The molecule has 2 heterocycles. The molecule has 122 valence electrons. The number of fused-ring (bicyclic) bond motifs is 1. The van der Waals surface area contributed by atoms with Crippen molar-refractivity contribution in [2.24, 2.45) is 0 Å². The summed E-state index contributed by atoms with van der Waals surface area (Å²) in [6, 6.07) is 8.30. The Labute approximate surface area is 152 Å². The summed E-state index contributed by atoms with van der Waals surface area (Å²) in [4.78, 5) is 16.5. The molecule has 1 aromatic rings. The number of amides is 1. The minimum atomic E-state index is -0.00524. The van der Waals surface area contributed by atoms with Crippen molar-refractivity contribution < 1.29 is 4.79 Å². The summed E-state index contributed by atoms with van der Waals surface area (Å²) in [6.07, 6.45) is 11.9. The first-order chi connectivity index (χ1) is 11.6. The van der Waals surface area contributed by atoms with Crippen molar-refractivity contribution in [1.29, 1.82) is 0 Å². The molecule has 0 saturated carbocycles. The average molecular weight is 355 g/mol. The molecule has 5 heteroatoms. The number of thiocarbonyl (C=S) groups is 1. The second kappa shape index (κ2) is 7.20. The number of allylic oxidation sites excluding steroid dienone is 6. The van der Waals surface area contributed by atoms with Crippen LogP contribution in [0.15, 0.2) is 65.8 Å². The van der Waals surface area contributed by atoms with Gasteiger partial charge in [-0.1, -0.05) is 60.4 Å². The van der Waals surface area contributed by atoms with Crippen LogP contribution in [0, 0.1) is 0 Å². The molecular formula is C19H18N2OS2. The van der Waals surface area contributed by atoms with Crippen molar-refractivity contribution in [3.63, 3.8) is 0 Å². The number of thioether (sulfide) groups is 1. The summed E-state index contributed by atoms with van der Waals surface area (Å²) in [5, 5.41) is 0. The number of carbonyl (C=O) groups is 1. The molecule has 3 rings (SSSR count). The summed E-state index contributed by atoms with van der Waals surface area (Å²) >= 11 is 6.56. The van der Waals surface area contributed by atoms with Crippen LogP contribution in [0.25, 0.3) is 5.57 Å². The van der Waals surface area contributed by atoms with Gasteiger partial charge in [-0.2, -0.15) is 0 Å². The number of benzene rings is 1. The second-order valence-electron chi connectivity index (χ2n) is 5.40. The van der Waals surface area contributed by atoms with Crippen LogP contribution in [-0.4, -0.2) is 28.7 Å². The Hall–Kier alpha value is -2.11. The van der Waals surface area contributed by atoms with E-state index in [0.29, 0.717) is 15.8 Å². The van der Waals surface area contributed by atoms with E-state index >= 15 is 0 Å². The largest absolute Gasteiger partial charge is 0.351 e. The van der Waals surface area contributed by atoms with E-state index in [-0.39, 0.29) is 5.91 Å². The molecule has 2 aliphatic heterocycles. The molecule has 0 N–H and O–H groups in total. The fourth-order valence-electron chi connectivity index (χ4n) is 2.62. The first-order valence-corrected chi connectivity index (χ1v) is 8.97. The van der Waals surface area contributed by atoms with Crippen LogP contribution >= 0.6 is 24.0 Å². The van der Waals surface area contributed by atoms with Crippen LogP contribution in [0.5, 0.6) is 0 Å². The molecule has 0 radical (unpaired) electrons. The Morgan fingerprint density at radius 3 is 2.71 bits per heavy atom. The van der Waals surface area contributed by atoms with E-state index in [2.05, 4.69) is 29.2 Å². The van der Waals surface area contributed by atoms with Gasteiger partial charge >= 0.3 is 0 Å². The van der Waals surface area contributed by atoms with Gasteiger partial charge in [0.1, 0.15) is 4.32 Å². The molecule has 0 atom stereocenters. The summed E-state index contributed by atoms with van der Waals surface area (Å²) in [5.74, 6) is -0.00524. The van der Waals surface area contributed by atoms with Crippen LogP contribution < -0.4 is 4.90 Å². The molecule has 1 fully saturated rings. The lowest BCUT2D eigenvalue weighted by Gasteiger charge is -2.23. The van der Waals surface area contributed by atoms with Crippen LogP contribution in [0.2, 0.25) is 0 Å². The summed E-state index contributed by atoms with van der Waals surface area (Å²) in [6.45, 7) is 2.54. The Morgan fingerprint density at radius 2 is 1.96 bits per heavy atom. The summed E-state index contributed by atoms with van der Waals surface area (Å²) in [7, 11) is 2.04. The van der Waals surface area contributed by atoms with E-state index in [9.17, 15) is 4.79 Å². The van der Waals surface area contributed by atoms with Crippen molar-refractivity contribution >= 4 is 45.5 Å². The summed E-state index contributed by atoms with van der Waals surface area (Å²) in [5.41, 5.74) is 3.53. The average Bonchev–Trinajstić information content (AvgIpc) is 2.87. The molecule has 24 heavy (non-hydrogen) atoms.